The number of aromatic nitrogens is 1. The number of fused-ring (bicyclic) bond motifs is 3. The SMILES string of the molecule is CCC(C(=O)O)n1c2c(c3cc(F)cc(C)c31)C[C@@H](NC(=O)OCc1ccccc1)CC2. The predicted molar refractivity (Wildman–Crippen MR) is 119 cm³/mol. The molecule has 2 aromatic carbocycles. The summed E-state index contributed by atoms with van der Waals surface area (Å²) in [5.74, 6) is -1.25. The second-order valence-electron chi connectivity index (χ2n) is 8.32. The number of rotatable bonds is 6. The third kappa shape index (κ3) is 4.20. The fraction of sp³-hybridized carbons (Fsp3) is 0.360. The Morgan fingerprint density at radius 3 is 2.72 bits per heavy atom. The number of carboxylic acid groups (broad SMARTS) is 1. The monoisotopic (exact) mass is 438 g/mol. The molecule has 0 aliphatic heterocycles. The highest BCUT2D eigenvalue weighted by atomic mass is 19.1. The molecule has 2 N–H and O–H groups in total. The number of hydrogen-bond donors (Lipinski definition) is 2. The van der Waals surface area contributed by atoms with Crippen molar-refractivity contribution in [2.45, 2.75) is 58.2 Å². The van der Waals surface area contributed by atoms with E-state index in [0.717, 1.165) is 27.7 Å². The first-order valence-corrected chi connectivity index (χ1v) is 10.9. The van der Waals surface area contributed by atoms with E-state index in [2.05, 4.69) is 5.32 Å². The molecule has 1 aromatic heterocycles. The number of ether oxygens (including phenoxy) is 1. The third-order valence-corrected chi connectivity index (χ3v) is 6.17. The van der Waals surface area contributed by atoms with Crippen LogP contribution in [0.1, 0.15) is 48.2 Å². The van der Waals surface area contributed by atoms with Crippen molar-refractivity contribution in [3.63, 3.8) is 0 Å². The van der Waals surface area contributed by atoms with Crippen molar-refractivity contribution >= 4 is 23.0 Å². The number of nitrogens with one attached hydrogen (secondary N) is 1. The van der Waals surface area contributed by atoms with E-state index < -0.39 is 18.1 Å². The van der Waals surface area contributed by atoms with Crippen molar-refractivity contribution in [3.05, 3.63) is 70.7 Å². The van der Waals surface area contributed by atoms with Crippen molar-refractivity contribution < 1.29 is 23.8 Å². The minimum atomic E-state index is -0.902. The van der Waals surface area contributed by atoms with Gasteiger partial charge >= 0.3 is 12.1 Å². The average molecular weight is 438 g/mol. The first kappa shape index (κ1) is 21.9. The maximum absolute atomic E-state index is 14.3. The molecule has 0 spiro atoms. The summed E-state index contributed by atoms with van der Waals surface area (Å²) < 4.78 is 21.5. The van der Waals surface area contributed by atoms with Crippen molar-refractivity contribution in [3.8, 4) is 0 Å². The predicted octanol–water partition coefficient (Wildman–Crippen LogP) is 4.91. The third-order valence-electron chi connectivity index (χ3n) is 6.17. The molecular weight excluding hydrogens is 411 g/mol. The Labute approximate surface area is 186 Å². The van der Waals surface area contributed by atoms with Crippen LogP contribution in [0, 0.1) is 12.7 Å². The number of halogens is 1. The highest BCUT2D eigenvalue weighted by molar-refractivity contribution is 5.90. The molecule has 32 heavy (non-hydrogen) atoms. The molecule has 6 nitrogen and oxygen atoms in total. The molecule has 0 fully saturated rings. The summed E-state index contributed by atoms with van der Waals surface area (Å²) in [4.78, 5) is 24.3. The molecule has 1 aliphatic carbocycles. The maximum atomic E-state index is 14.3. The lowest BCUT2D eigenvalue weighted by atomic mass is 9.91. The van der Waals surface area contributed by atoms with E-state index in [0.29, 0.717) is 31.2 Å². The zero-order chi connectivity index (χ0) is 22.8. The number of aliphatic carboxylic acids is 1. The quantitative estimate of drug-likeness (QED) is 0.573. The molecule has 0 bridgehead atoms. The molecule has 1 aliphatic rings. The number of aryl methyl sites for hydroxylation is 1. The molecular formula is C25H27FN2O4. The first-order valence-electron chi connectivity index (χ1n) is 10.9. The number of amides is 1. The number of carboxylic acids is 1. The van der Waals surface area contributed by atoms with Gasteiger partial charge in [0, 0.05) is 17.1 Å². The average Bonchev–Trinajstić information content (AvgIpc) is 3.07. The van der Waals surface area contributed by atoms with Crippen LogP contribution >= 0.6 is 0 Å². The number of hydrogen-bond acceptors (Lipinski definition) is 3. The zero-order valence-electron chi connectivity index (χ0n) is 18.2. The van der Waals surface area contributed by atoms with Crippen molar-refractivity contribution in [1.29, 1.82) is 0 Å². The minimum Gasteiger partial charge on any atom is -0.480 e. The van der Waals surface area contributed by atoms with Gasteiger partial charge in [-0.3, -0.25) is 0 Å². The van der Waals surface area contributed by atoms with Gasteiger partial charge in [0.1, 0.15) is 18.5 Å². The Bertz CT molecular complexity index is 1160. The summed E-state index contributed by atoms with van der Waals surface area (Å²) in [6.07, 6.45) is 1.68. The number of alkyl carbamates (subject to hydrolysis) is 1. The zero-order valence-corrected chi connectivity index (χ0v) is 18.2. The van der Waals surface area contributed by atoms with Gasteiger partial charge in [0.05, 0.1) is 5.52 Å². The summed E-state index contributed by atoms with van der Waals surface area (Å²) in [6, 6.07) is 11.5. The molecule has 1 unspecified atom stereocenters. The Hall–Kier alpha value is -3.35. The maximum Gasteiger partial charge on any atom is 0.407 e. The topological polar surface area (TPSA) is 80.6 Å². The molecule has 168 valence electrons. The van der Waals surface area contributed by atoms with Crippen LogP contribution in [0.5, 0.6) is 0 Å². The van der Waals surface area contributed by atoms with Gasteiger partial charge in [-0.1, -0.05) is 37.3 Å². The van der Waals surface area contributed by atoms with E-state index >= 15 is 0 Å². The van der Waals surface area contributed by atoms with Crippen LogP contribution in [0.2, 0.25) is 0 Å². The van der Waals surface area contributed by atoms with Crippen molar-refractivity contribution in [1.82, 2.24) is 9.88 Å². The van der Waals surface area contributed by atoms with E-state index in [1.165, 1.54) is 12.1 Å². The van der Waals surface area contributed by atoms with Gasteiger partial charge in [0.15, 0.2) is 0 Å². The van der Waals surface area contributed by atoms with Crippen molar-refractivity contribution in [2.24, 2.45) is 0 Å². The van der Waals surface area contributed by atoms with E-state index in [1.807, 2.05) is 41.8 Å². The summed E-state index contributed by atoms with van der Waals surface area (Å²) in [5.41, 5.74) is 4.20. The fourth-order valence-electron chi connectivity index (χ4n) is 4.75. The van der Waals surface area contributed by atoms with Gasteiger partial charge in [0.25, 0.3) is 0 Å². The largest absolute Gasteiger partial charge is 0.480 e. The molecule has 1 amide bonds. The summed E-state index contributed by atoms with van der Waals surface area (Å²) >= 11 is 0. The lowest BCUT2D eigenvalue weighted by molar-refractivity contribution is -0.140. The number of carbonyl (C=O) groups is 2. The van der Waals surface area contributed by atoms with E-state index in [-0.39, 0.29) is 18.5 Å². The molecule has 1 heterocycles. The lowest BCUT2D eigenvalue weighted by Crippen LogP contribution is -2.39. The number of carbonyl (C=O) groups excluding carboxylic acids is 1. The van der Waals surface area contributed by atoms with E-state index in [4.69, 9.17) is 4.74 Å². The van der Waals surface area contributed by atoms with E-state index in [9.17, 15) is 19.1 Å². The van der Waals surface area contributed by atoms with Gasteiger partial charge < -0.3 is 19.7 Å². The van der Waals surface area contributed by atoms with Crippen LogP contribution in [0.15, 0.2) is 42.5 Å². The van der Waals surface area contributed by atoms with Crippen LogP contribution in [-0.4, -0.2) is 27.8 Å². The highest BCUT2D eigenvalue weighted by Crippen LogP contribution is 2.37. The van der Waals surface area contributed by atoms with Gasteiger partial charge in [-0.15, -0.1) is 0 Å². The van der Waals surface area contributed by atoms with Crippen LogP contribution in [0.25, 0.3) is 10.9 Å². The van der Waals surface area contributed by atoms with Crippen LogP contribution < -0.4 is 5.32 Å². The van der Waals surface area contributed by atoms with Crippen LogP contribution in [-0.2, 0) is 29.0 Å². The molecule has 3 aromatic rings. The number of benzene rings is 2. The van der Waals surface area contributed by atoms with E-state index in [1.54, 1.807) is 6.92 Å². The molecule has 0 saturated heterocycles. The summed E-state index contributed by atoms with van der Waals surface area (Å²) in [7, 11) is 0. The Morgan fingerprint density at radius 1 is 1.28 bits per heavy atom. The lowest BCUT2D eigenvalue weighted by Gasteiger charge is -2.26. The molecule has 0 radical (unpaired) electrons. The van der Waals surface area contributed by atoms with Gasteiger partial charge in [-0.05, 0) is 61.4 Å². The summed E-state index contributed by atoms with van der Waals surface area (Å²) in [6.45, 7) is 3.83. The second kappa shape index (κ2) is 9.02. The molecule has 0 saturated carbocycles. The molecule has 2 atom stereocenters. The van der Waals surface area contributed by atoms with Gasteiger partial charge in [-0.25, -0.2) is 14.0 Å². The highest BCUT2D eigenvalue weighted by Gasteiger charge is 2.31. The Kier molecular flexibility index (Phi) is 6.17. The Balaban J connectivity index is 1.60. The van der Waals surface area contributed by atoms with Gasteiger partial charge in [0.2, 0.25) is 0 Å². The second-order valence-corrected chi connectivity index (χ2v) is 8.32. The smallest absolute Gasteiger partial charge is 0.407 e. The molecule has 4 rings (SSSR count). The first-order chi connectivity index (χ1) is 15.4. The number of nitrogens with zero attached hydrogens (tertiary/aromatic N) is 1. The minimum absolute atomic E-state index is 0.168. The standard InChI is InChI=1S/C25H27FN2O4/c1-3-21(24(29)30)28-22-10-9-18(27-25(31)32-14-16-7-5-4-6-8-16)13-19(22)20-12-17(26)11-15(2)23(20)28/h4-8,11-12,18,21H,3,9-10,13-14H2,1-2H3,(H,27,31)(H,29,30)/t18-,21?/m0/s1. The van der Waals surface area contributed by atoms with Crippen LogP contribution in [0.4, 0.5) is 9.18 Å². The fourth-order valence-corrected chi connectivity index (χ4v) is 4.75. The van der Waals surface area contributed by atoms with Crippen molar-refractivity contribution in [2.75, 3.05) is 0 Å². The Morgan fingerprint density at radius 2 is 2.03 bits per heavy atom. The normalized spacial score (nSPS) is 16.4. The van der Waals surface area contributed by atoms with Gasteiger partial charge in [-0.2, -0.15) is 0 Å². The summed E-state index contributed by atoms with van der Waals surface area (Å²) in [5, 5.41) is 13.4. The molecule has 7 heteroatoms. The van der Waals surface area contributed by atoms with Crippen LogP contribution in [0.3, 0.4) is 0 Å².